The maximum absolute atomic E-state index is 5.56. The van der Waals surface area contributed by atoms with Crippen LogP contribution < -0.4 is 19.1 Å². The lowest BCUT2D eigenvalue weighted by Gasteiger charge is -2.16. The molecule has 0 bridgehead atoms. The van der Waals surface area contributed by atoms with Crippen molar-refractivity contribution in [2.45, 2.75) is 47.0 Å². The predicted octanol–water partition coefficient (Wildman–Crippen LogP) is 5.81. The fourth-order valence-electron chi connectivity index (χ4n) is 3.34. The third-order valence-electron chi connectivity index (χ3n) is 5.40. The summed E-state index contributed by atoms with van der Waals surface area (Å²) in [6.07, 6.45) is 9.70. The highest BCUT2D eigenvalue weighted by molar-refractivity contribution is 5.80. The first-order chi connectivity index (χ1) is 15.4. The molecule has 172 valence electrons. The second kappa shape index (κ2) is 12.2. The van der Waals surface area contributed by atoms with Gasteiger partial charge in [-0.05, 0) is 67.6 Å². The molecule has 0 amide bonds. The van der Waals surface area contributed by atoms with Crippen LogP contribution in [0.25, 0.3) is 11.8 Å². The molecule has 4 nitrogen and oxygen atoms in total. The van der Waals surface area contributed by atoms with Gasteiger partial charge in [-0.3, -0.25) is 0 Å². The number of nitrogens with one attached hydrogen (secondary N) is 1. The van der Waals surface area contributed by atoms with Crippen molar-refractivity contribution in [2.75, 3.05) is 21.3 Å². The molecular weight excluding hydrogens is 398 g/mol. The Hall–Kier alpha value is -2.98. The van der Waals surface area contributed by atoms with E-state index < -0.39 is 0 Å². The lowest BCUT2D eigenvalue weighted by Crippen LogP contribution is -2.88. The van der Waals surface area contributed by atoms with Gasteiger partial charge in [-0.2, -0.15) is 0 Å². The highest BCUT2D eigenvalue weighted by Gasteiger charge is 2.26. The Labute approximate surface area is 193 Å². The van der Waals surface area contributed by atoms with Crippen molar-refractivity contribution in [2.24, 2.45) is 0 Å². The minimum atomic E-state index is 0.755. The van der Waals surface area contributed by atoms with Gasteiger partial charge in [0, 0.05) is 11.6 Å². The largest absolute Gasteiger partial charge is 0.496 e. The summed E-state index contributed by atoms with van der Waals surface area (Å²) < 4.78 is 16.5. The molecule has 1 aliphatic heterocycles. The highest BCUT2D eigenvalue weighted by atomic mass is 16.5. The van der Waals surface area contributed by atoms with E-state index in [0.29, 0.717) is 0 Å². The van der Waals surface area contributed by atoms with Crippen LogP contribution in [0.1, 0.15) is 55.9 Å². The molecule has 2 aromatic carbocycles. The van der Waals surface area contributed by atoms with Gasteiger partial charge in [-0.15, -0.1) is 6.58 Å². The molecule has 0 saturated carbocycles. The van der Waals surface area contributed by atoms with Gasteiger partial charge < -0.3 is 14.2 Å². The van der Waals surface area contributed by atoms with Gasteiger partial charge in [-0.25, -0.2) is 4.90 Å². The number of methoxy groups -OCH3 is 3. The van der Waals surface area contributed by atoms with Gasteiger partial charge >= 0.3 is 0 Å². The molecule has 4 heteroatoms. The summed E-state index contributed by atoms with van der Waals surface area (Å²) in [5.41, 5.74) is 7.21. The SMILES string of the molecule is C=C(C)CC.CCCc1cc(OC)c(OC)cc1/C(=C/c1ccc(OC)c(C)c1)[NH+]1C=C1. The zero-order chi connectivity index (χ0) is 23.7. The molecule has 3 rings (SSSR count). The van der Waals surface area contributed by atoms with E-state index in [0.717, 1.165) is 47.6 Å². The standard InChI is InChI=1S/C23H27NO3.C5H10/c1-6-7-18-14-22(26-4)23(27-5)15-19(18)20(24-10-11-24)13-17-8-9-21(25-3)16(2)12-17;1-4-5(2)3/h8-15H,6-7H2,1-5H3;2,4H2,1,3H3/p+1/b20-13-;. The second-order valence-electron chi connectivity index (χ2n) is 8.00. The Bertz CT molecular complexity index is 982. The number of allylic oxidation sites excluding steroid dienone is 1. The van der Waals surface area contributed by atoms with Crippen LogP contribution in [0.2, 0.25) is 0 Å². The fraction of sp³-hybridized carbons (Fsp3) is 0.357. The molecule has 0 saturated heterocycles. The van der Waals surface area contributed by atoms with E-state index in [4.69, 9.17) is 14.2 Å². The fourth-order valence-corrected chi connectivity index (χ4v) is 3.34. The molecule has 0 aliphatic carbocycles. The van der Waals surface area contributed by atoms with Gasteiger partial charge in [0.1, 0.15) is 11.4 Å². The van der Waals surface area contributed by atoms with E-state index in [-0.39, 0.29) is 0 Å². The topological polar surface area (TPSA) is 32.1 Å². The summed E-state index contributed by atoms with van der Waals surface area (Å²) in [5.74, 6) is 2.44. The van der Waals surface area contributed by atoms with Gasteiger partial charge in [0.25, 0.3) is 0 Å². The van der Waals surface area contributed by atoms with E-state index in [1.54, 1.807) is 21.3 Å². The number of hydrogen-bond donors (Lipinski definition) is 1. The highest BCUT2D eigenvalue weighted by Crippen LogP contribution is 2.34. The van der Waals surface area contributed by atoms with E-state index in [1.165, 1.54) is 27.3 Å². The molecule has 1 aliphatic rings. The van der Waals surface area contributed by atoms with Crippen LogP contribution in [0.5, 0.6) is 17.2 Å². The molecule has 32 heavy (non-hydrogen) atoms. The summed E-state index contributed by atoms with van der Waals surface area (Å²) in [7, 11) is 5.06. The number of benzene rings is 2. The maximum atomic E-state index is 5.56. The molecule has 0 fully saturated rings. The Morgan fingerprint density at radius 2 is 1.53 bits per heavy atom. The second-order valence-corrected chi connectivity index (χ2v) is 8.00. The van der Waals surface area contributed by atoms with Gasteiger partial charge in [0.15, 0.2) is 23.9 Å². The first kappa shape index (κ1) is 25.3. The van der Waals surface area contributed by atoms with Crippen LogP contribution in [0, 0.1) is 6.92 Å². The van der Waals surface area contributed by atoms with E-state index in [9.17, 15) is 0 Å². The van der Waals surface area contributed by atoms with E-state index in [2.05, 4.69) is 70.1 Å². The third-order valence-corrected chi connectivity index (χ3v) is 5.40. The molecule has 1 heterocycles. The quantitative estimate of drug-likeness (QED) is 0.397. The lowest BCUT2D eigenvalue weighted by atomic mass is 9.97. The zero-order valence-electron chi connectivity index (χ0n) is 20.7. The molecule has 0 spiro atoms. The van der Waals surface area contributed by atoms with Crippen LogP contribution in [0.4, 0.5) is 0 Å². The summed E-state index contributed by atoms with van der Waals surface area (Å²) in [4.78, 5) is 1.26. The van der Waals surface area contributed by atoms with Crippen LogP contribution in [0.15, 0.2) is 54.9 Å². The van der Waals surface area contributed by atoms with Crippen LogP contribution in [-0.2, 0) is 6.42 Å². The summed E-state index contributed by atoms with van der Waals surface area (Å²) in [5, 5.41) is 0. The van der Waals surface area contributed by atoms with Gasteiger partial charge in [0.2, 0.25) is 0 Å². The molecule has 2 aromatic rings. The average Bonchev–Trinajstić information content (AvgIpc) is 3.63. The summed E-state index contributed by atoms with van der Waals surface area (Å²) in [6, 6.07) is 10.5. The van der Waals surface area contributed by atoms with Crippen molar-refractivity contribution < 1.29 is 19.1 Å². The molecule has 0 unspecified atom stereocenters. The normalized spacial score (nSPS) is 12.7. The first-order valence-corrected chi connectivity index (χ1v) is 11.2. The number of ether oxygens (including phenoxy) is 3. The smallest absolute Gasteiger partial charge is 0.161 e. The van der Waals surface area contributed by atoms with Crippen molar-refractivity contribution in [3.8, 4) is 17.2 Å². The Kier molecular flexibility index (Phi) is 9.61. The number of quaternary nitrogens is 1. The van der Waals surface area contributed by atoms with Crippen molar-refractivity contribution >= 4 is 11.8 Å². The molecule has 0 aromatic heterocycles. The third kappa shape index (κ3) is 6.76. The zero-order valence-corrected chi connectivity index (χ0v) is 20.7. The van der Waals surface area contributed by atoms with Crippen molar-refractivity contribution in [3.05, 3.63) is 77.1 Å². The minimum absolute atomic E-state index is 0.755. The number of hydrogen-bond acceptors (Lipinski definition) is 3. The number of rotatable bonds is 9. The van der Waals surface area contributed by atoms with Crippen molar-refractivity contribution in [1.29, 1.82) is 0 Å². The van der Waals surface area contributed by atoms with E-state index in [1.807, 2.05) is 13.0 Å². The van der Waals surface area contributed by atoms with Crippen LogP contribution >= 0.6 is 0 Å². The maximum Gasteiger partial charge on any atom is 0.161 e. The van der Waals surface area contributed by atoms with Crippen molar-refractivity contribution in [1.82, 2.24) is 0 Å². The van der Waals surface area contributed by atoms with Crippen LogP contribution in [0.3, 0.4) is 0 Å². The van der Waals surface area contributed by atoms with Crippen LogP contribution in [-0.4, -0.2) is 21.3 Å². The number of aryl methyl sites for hydroxylation is 2. The monoisotopic (exact) mass is 436 g/mol. The Morgan fingerprint density at radius 1 is 0.938 bits per heavy atom. The summed E-state index contributed by atoms with van der Waals surface area (Å²) in [6.45, 7) is 12.1. The Morgan fingerprint density at radius 3 is 2.00 bits per heavy atom. The summed E-state index contributed by atoms with van der Waals surface area (Å²) >= 11 is 0. The molecule has 0 atom stereocenters. The van der Waals surface area contributed by atoms with Crippen molar-refractivity contribution in [3.63, 3.8) is 0 Å². The Balaban J connectivity index is 0.000000654. The van der Waals surface area contributed by atoms with E-state index >= 15 is 0 Å². The minimum Gasteiger partial charge on any atom is -0.496 e. The van der Waals surface area contributed by atoms with Gasteiger partial charge in [-0.1, -0.05) is 31.9 Å². The first-order valence-electron chi connectivity index (χ1n) is 11.2. The predicted molar refractivity (Wildman–Crippen MR) is 134 cm³/mol. The average molecular weight is 437 g/mol. The molecule has 0 radical (unpaired) electrons. The lowest BCUT2D eigenvalue weighted by molar-refractivity contribution is -0.631. The van der Waals surface area contributed by atoms with Gasteiger partial charge in [0.05, 0.1) is 21.3 Å². The molecule has 1 N–H and O–H groups in total. The molecular formula is C28H38NO3+.